The highest BCUT2D eigenvalue weighted by atomic mass is 79.9. The number of carbonyl (C=O) groups is 2. The zero-order chi connectivity index (χ0) is 17.4. The fourth-order valence-electron chi connectivity index (χ4n) is 2.12. The Balaban J connectivity index is 2.78. The number of aliphatic hydroxyl groups excluding tert-OH is 1. The van der Waals surface area contributed by atoms with Gasteiger partial charge in [0.15, 0.2) is 0 Å². The second-order valence-corrected chi connectivity index (χ2v) is 6.22. The summed E-state index contributed by atoms with van der Waals surface area (Å²) in [7, 11) is 1.52. The quantitative estimate of drug-likeness (QED) is 0.631. The number of amides is 2. The van der Waals surface area contributed by atoms with Crippen LogP contribution in [0, 0.1) is 0 Å². The number of nitrogens with one attached hydrogen (secondary N) is 2. The average molecular weight is 387 g/mol. The Morgan fingerprint density at radius 1 is 1.26 bits per heavy atom. The van der Waals surface area contributed by atoms with Gasteiger partial charge in [-0.05, 0) is 24.6 Å². The summed E-state index contributed by atoms with van der Waals surface area (Å²) in [6, 6.07) is 6.48. The molecule has 0 aliphatic carbocycles. The minimum Gasteiger partial charge on any atom is -0.394 e. The van der Waals surface area contributed by atoms with Crippen LogP contribution < -0.4 is 10.6 Å². The predicted octanol–water partition coefficient (Wildman–Crippen LogP) is 1.53. The highest BCUT2D eigenvalue weighted by molar-refractivity contribution is 9.10. The molecule has 2 amide bonds. The molecule has 0 aliphatic rings. The van der Waals surface area contributed by atoms with Crippen LogP contribution in [0.5, 0.6) is 0 Å². The van der Waals surface area contributed by atoms with Gasteiger partial charge in [0.1, 0.15) is 0 Å². The first-order valence-corrected chi connectivity index (χ1v) is 8.12. The van der Waals surface area contributed by atoms with Crippen molar-refractivity contribution in [2.75, 3.05) is 13.7 Å². The Morgan fingerprint density at radius 3 is 2.35 bits per heavy atom. The third kappa shape index (κ3) is 6.68. The van der Waals surface area contributed by atoms with Crippen molar-refractivity contribution in [1.82, 2.24) is 10.6 Å². The number of benzene rings is 1. The summed E-state index contributed by atoms with van der Waals surface area (Å²) in [5, 5.41) is 14.8. The number of halogens is 1. The molecule has 6 nitrogen and oxygen atoms in total. The molecule has 23 heavy (non-hydrogen) atoms. The van der Waals surface area contributed by atoms with Crippen molar-refractivity contribution in [2.45, 2.75) is 38.5 Å². The van der Waals surface area contributed by atoms with E-state index in [0.29, 0.717) is 0 Å². The van der Waals surface area contributed by atoms with E-state index in [9.17, 15) is 14.7 Å². The molecular weight excluding hydrogens is 364 g/mol. The van der Waals surface area contributed by atoms with Crippen LogP contribution in [0.15, 0.2) is 28.7 Å². The van der Waals surface area contributed by atoms with Gasteiger partial charge >= 0.3 is 0 Å². The molecular formula is C16H23BrN2O4. The lowest BCUT2D eigenvalue weighted by Crippen LogP contribution is -2.46. The normalized spacial score (nSPS) is 14.7. The maximum atomic E-state index is 12.2. The summed E-state index contributed by atoms with van der Waals surface area (Å²) in [4.78, 5) is 23.6. The SMILES string of the molecule is CO[C@H](C)[C@@H](CO)NC(=O)CC(NC(C)=O)c1ccc(Br)cc1. The molecule has 3 atom stereocenters. The molecule has 1 aromatic rings. The summed E-state index contributed by atoms with van der Waals surface area (Å²) < 4.78 is 6.04. The van der Waals surface area contributed by atoms with Gasteiger partial charge in [-0.3, -0.25) is 9.59 Å². The van der Waals surface area contributed by atoms with Gasteiger partial charge in [-0.2, -0.15) is 0 Å². The first-order valence-electron chi connectivity index (χ1n) is 7.33. The van der Waals surface area contributed by atoms with E-state index in [4.69, 9.17) is 4.74 Å². The van der Waals surface area contributed by atoms with Gasteiger partial charge in [-0.1, -0.05) is 28.1 Å². The van der Waals surface area contributed by atoms with Crippen LogP contribution in [0.25, 0.3) is 0 Å². The number of ether oxygens (including phenoxy) is 1. The van der Waals surface area contributed by atoms with Crippen LogP contribution in [0.2, 0.25) is 0 Å². The van der Waals surface area contributed by atoms with Crippen LogP contribution >= 0.6 is 15.9 Å². The van der Waals surface area contributed by atoms with E-state index in [-0.39, 0.29) is 30.9 Å². The van der Waals surface area contributed by atoms with Crippen LogP contribution in [-0.4, -0.2) is 42.8 Å². The average Bonchev–Trinajstić information content (AvgIpc) is 2.51. The summed E-state index contributed by atoms with van der Waals surface area (Å²) in [5.41, 5.74) is 0.832. The first-order chi connectivity index (χ1) is 10.9. The first kappa shape index (κ1) is 19.6. The summed E-state index contributed by atoms with van der Waals surface area (Å²) in [6.07, 6.45) is -0.232. The van der Waals surface area contributed by atoms with E-state index >= 15 is 0 Å². The van der Waals surface area contributed by atoms with Gasteiger partial charge in [-0.25, -0.2) is 0 Å². The molecule has 0 saturated heterocycles. The molecule has 0 heterocycles. The van der Waals surface area contributed by atoms with Crippen LogP contribution in [0.1, 0.15) is 31.9 Å². The molecule has 0 bridgehead atoms. The molecule has 0 aliphatic heterocycles. The van der Waals surface area contributed by atoms with Crippen LogP contribution in [0.4, 0.5) is 0 Å². The van der Waals surface area contributed by atoms with Gasteiger partial charge in [0, 0.05) is 18.5 Å². The smallest absolute Gasteiger partial charge is 0.222 e. The van der Waals surface area contributed by atoms with Crippen molar-refractivity contribution < 1.29 is 19.4 Å². The fourth-order valence-corrected chi connectivity index (χ4v) is 2.38. The third-order valence-corrected chi connectivity index (χ3v) is 4.05. The summed E-state index contributed by atoms with van der Waals surface area (Å²) >= 11 is 3.35. The molecule has 1 rings (SSSR count). The zero-order valence-corrected chi connectivity index (χ0v) is 15.1. The van der Waals surface area contributed by atoms with E-state index in [2.05, 4.69) is 26.6 Å². The van der Waals surface area contributed by atoms with Crippen LogP contribution in [0.3, 0.4) is 0 Å². The zero-order valence-electron chi connectivity index (χ0n) is 13.5. The Morgan fingerprint density at radius 2 is 1.87 bits per heavy atom. The lowest BCUT2D eigenvalue weighted by molar-refractivity contribution is -0.124. The largest absolute Gasteiger partial charge is 0.394 e. The maximum absolute atomic E-state index is 12.2. The van der Waals surface area contributed by atoms with Gasteiger partial charge in [0.25, 0.3) is 0 Å². The molecule has 0 aromatic heterocycles. The monoisotopic (exact) mass is 386 g/mol. The Bertz CT molecular complexity index is 521. The van der Waals surface area contributed by atoms with Crippen molar-refractivity contribution in [3.8, 4) is 0 Å². The maximum Gasteiger partial charge on any atom is 0.222 e. The molecule has 0 radical (unpaired) electrons. The topological polar surface area (TPSA) is 87.7 Å². The number of rotatable bonds is 8. The van der Waals surface area contributed by atoms with E-state index in [1.807, 2.05) is 24.3 Å². The third-order valence-electron chi connectivity index (χ3n) is 3.52. The van der Waals surface area contributed by atoms with Gasteiger partial charge in [0.2, 0.25) is 11.8 Å². The molecule has 0 spiro atoms. The second kappa shape index (κ2) is 9.64. The lowest BCUT2D eigenvalue weighted by atomic mass is 10.0. The van der Waals surface area contributed by atoms with E-state index in [1.54, 1.807) is 6.92 Å². The highest BCUT2D eigenvalue weighted by Crippen LogP contribution is 2.20. The van der Waals surface area contributed by atoms with E-state index in [1.165, 1.54) is 14.0 Å². The predicted molar refractivity (Wildman–Crippen MR) is 90.8 cm³/mol. The number of methoxy groups -OCH3 is 1. The number of hydrogen-bond acceptors (Lipinski definition) is 4. The van der Waals surface area contributed by atoms with Crippen molar-refractivity contribution >= 4 is 27.7 Å². The number of hydrogen-bond donors (Lipinski definition) is 3. The minimum atomic E-state index is -0.490. The van der Waals surface area contributed by atoms with E-state index in [0.717, 1.165) is 10.0 Å². The van der Waals surface area contributed by atoms with Gasteiger partial charge in [-0.15, -0.1) is 0 Å². The molecule has 128 valence electrons. The van der Waals surface area contributed by atoms with Gasteiger partial charge < -0.3 is 20.5 Å². The lowest BCUT2D eigenvalue weighted by Gasteiger charge is -2.24. The molecule has 0 fully saturated rings. The second-order valence-electron chi connectivity index (χ2n) is 5.31. The molecule has 7 heteroatoms. The van der Waals surface area contributed by atoms with Gasteiger partial charge in [0.05, 0.1) is 31.2 Å². The Hall–Kier alpha value is -1.44. The Kier molecular flexibility index (Phi) is 8.22. The molecule has 1 unspecified atom stereocenters. The highest BCUT2D eigenvalue weighted by Gasteiger charge is 2.22. The summed E-state index contributed by atoms with van der Waals surface area (Å²) in [5.74, 6) is -0.482. The van der Waals surface area contributed by atoms with Crippen molar-refractivity contribution in [2.24, 2.45) is 0 Å². The molecule has 1 aromatic carbocycles. The van der Waals surface area contributed by atoms with Crippen molar-refractivity contribution in [3.05, 3.63) is 34.3 Å². The van der Waals surface area contributed by atoms with Crippen molar-refractivity contribution in [3.63, 3.8) is 0 Å². The molecule has 0 saturated carbocycles. The standard InChI is InChI=1S/C16H23BrN2O4/c1-10(23-3)15(9-20)19-16(22)8-14(18-11(2)21)12-4-6-13(17)7-5-12/h4-7,10,14-15,20H,8-9H2,1-3H3,(H,18,21)(H,19,22)/t10-,14?,15-/m1/s1. The molecule has 3 N–H and O–H groups in total. The van der Waals surface area contributed by atoms with Crippen LogP contribution in [-0.2, 0) is 14.3 Å². The fraction of sp³-hybridized carbons (Fsp3) is 0.500. The van der Waals surface area contributed by atoms with Crippen molar-refractivity contribution in [1.29, 1.82) is 0 Å². The minimum absolute atomic E-state index is 0.0775. The number of aliphatic hydroxyl groups is 1. The number of carbonyl (C=O) groups excluding carboxylic acids is 2. The van der Waals surface area contributed by atoms with E-state index < -0.39 is 12.1 Å². The Labute approximate surface area is 144 Å². The summed E-state index contributed by atoms with van der Waals surface area (Å²) in [6.45, 7) is 2.96.